The van der Waals surface area contributed by atoms with Crippen LogP contribution in [0.15, 0.2) is 60.8 Å². The number of nitrogens with zero attached hydrogens (tertiary/aromatic N) is 3. The summed E-state index contributed by atoms with van der Waals surface area (Å²) in [5, 5.41) is 1.07. The van der Waals surface area contributed by atoms with Crippen LogP contribution in [0.2, 0.25) is 0 Å². The minimum atomic E-state index is -0.111. The topological polar surface area (TPSA) is 49.2 Å². The lowest BCUT2D eigenvalue weighted by Gasteiger charge is -2.19. The van der Waals surface area contributed by atoms with Crippen molar-refractivity contribution >= 4 is 21.9 Å². The van der Waals surface area contributed by atoms with E-state index >= 15 is 0 Å². The zero-order valence-electron chi connectivity index (χ0n) is 14.9. The lowest BCUT2D eigenvalue weighted by atomic mass is 10.2. The third kappa shape index (κ3) is 2.91. The highest BCUT2D eigenvalue weighted by Gasteiger charge is 2.20. The van der Waals surface area contributed by atoms with Crippen LogP contribution in [0.3, 0.4) is 0 Å². The Morgan fingerprint density at radius 2 is 1.77 bits per heavy atom. The maximum Gasteiger partial charge on any atom is 0.150 e. The van der Waals surface area contributed by atoms with Crippen LogP contribution >= 0.6 is 0 Å². The molecule has 5 heteroatoms. The van der Waals surface area contributed by atoms with E-state index in [-0.39, 0.29) is 6.23 Å². The van der Waals surface area contributed by atoms with Crippen LogP contribution in [0.4, 0.5) is 0 Å². The first-order valence-electron chi connectivity index (χ1n) is 8.77. The Bertz CT molecular complexity index is 1020. The quantitative estimate of drug-likeness (QED) is 0.506. The number of para-hydroxylation sites is 2. The van der Waals surface area contributed by atoms with Crippen LogP contribution in [0.25, 0.3) is 21.9 Å². The molecule has 0 bridgehead atoms. The Kier molecular flexibility index (Phi) is 4.54. The van der Waals surface area contributed by atoms with Crippen molar-refractivity contribution in [3.05, 3.63) is 66.6 Å². The Labute approximate surface area is 152 Å². The van der Waals surface area contributed by atoms with Crippen molar-refractivity contribution < 1.29 is 9.47 Å². The van der Waals surface area contributed by atoms with Crippen LogP contribution in [-0.2, 0) is 11.3 Å². The molecule has 1 unspecified atom stereocenters. The standard InChI is InChI=1S/C21H21N3O2/c1-3-20(25-2)24-19(14-26-15-9-5-4-6-10-15)23-18-13-22-17-12-8-7-11-16(17)21(18)24/h4-13,20H,3,14H2,1-2H3. The Morgan fingerprint density at radius 3 is 2.54 bits per heavy atom. The maximum atomic E-state index is 5.95. The molecule has 2 heterocycles. The summed E-state index contributed by atoms with van der Waals surface area (Å²) < 4.78 is 13.8. The van der Waals surface area contributed by atoms with Crippen LogP contribution < -0.4 is 4.74 Å². The van der Waals surface area contributed by atoms with Crippen LogP contribution in [0.1, 0.15) is 25.4 Å². The second-order valence-electron chi connectivity index (χ2n) is 6.11. The minimum Gasteiger partial charge on any atom is -0.486 e. The summed E-state index contributed by atoms with van der Waals surface area (Å²) in [6.45, 7) is 2.47. The van der Waals surface area contributed by atoms with Gasteiger partial charge >= 0.3 is 0 Å². The number of aromatic nitrogens is 3. The highest BCUT2D eigenvalue weighted by atomic mass is 16.5. The van der Waals surface area contributed by atoms with Gasteiger partial charge in [0.1, 0.15) is 29.9 Å². The molecule has 4 aromatic rings. The third-order valence-electron chi connectivity index (χ3n) is 4.52. The molecule has 0 saturated heterocycles. The molecule has 0 aliphatic carbocycles. The molecule has 0 spiro atoms. The van der Waals surface area contributed by atoms with Gasteiger partial charge in [-0.3, -0.25) is 9.55 Å². The van der Waals surface area contributed by atoms with Crippen LogP contribution in [0, 0.1) is 0 Å². The van der Waals surface area contributed by atoms with Crippen molar-refractivity contribution in [2.24, 2.45) is 0 Å². The monoisotopic (exact) mass is 347 g/mol. The zero-order valence-corrected chi connectivity index (χ0v) is 14.9. The SMILES string of the molecule is CCC(OC)n1c(COc2ccccc2)nc2cnc3ccccc3c21. The Hall–Kier alpha value is -2.92. The van der Waals surface area contributed by atoms with E-state index in [2.05, 4.69) is 22.5 Å². The van der Waals surface area contributed by atoms with E-state index in [0.717, 1.165) is 39.9 Å². The molecule has 0 aliphatic heterocycles. The summed E-state index contributed by atoms with van der Waals surface area (Å²) in [6.07, 6.45) is 2.54. The fourth-order valence-corrected chi connectivity index (χ4v) is 3.30. The number of imidazole rings is 1. The maximum absolute atomic E-state index is 5.95. The summed E-state index contributed by atoms with van der Waals surface area (Å²) >= 11 is 0. The second-order valence-corrected chi connectivity index (χ2v) is 6.11. The molecule has 0 aliphatic rings. The predicted octanol–water partition coefficient (Wildman–Crippen LogP) is 4.72. The Morgan fingerprint density at radius 1 is 1.00 bits per heavy atom. The zero-order chi connectivity index (χ0) is 17.9. The van der Waals surface area contributed by atoms with Crippen molar-refractivity contribution in [1.29, 1.82) is 0 Å². The van der Waals surface area contributed by atoms with E-state index in [1.165, 1.54) is 0 Å². The van der Waals surface area contributed by atoms with Gasteiger partial charge in [0.25, 0.3) is 0 Å². The smallest absolute Gasteiger partial charge is 0.150 e. The molecule has 1 atom stereocenters. The number of rotatable bonds is 6. The summed E-state index contributed by atoms with van der Waals surface area (Å²) in [7, 11) is 1.73. The summed E-state index contributed by atoms with van der Waals surface area (Å²) in [5.41, 5.74) is 2.84. The number of hydrogen-bond donors (Lipinski definition) is 0. The largest absolute Gasteiger partial charge is 0.486 e. The van der Waals surface area contributed by atoms with E-state index < -0.39 is 0 Å². The van der Waals surface area contributed by atoms with Gasteiger partial charge in [0.15, 0.2) is 0 Å². The fourth-order valence-electron chi connectivity index (χ4n) is 3.30. The van der Waals surface area contributed by atoms with Crippen LogP contribution in [-0.4, -0.2) is 21.6 Å². The van der Waals surface area contributed by atoms with E-state index in [4.69, 9.17) is 14.5 Å². The van der Waals surface area contributed by atoms with Gasteiger partial charge in [0, 0.05) is 12.5 Å². The number of benzene rings is 2. The van der Waals surface area contributed by atoms with Gasteiger partial charge in [-0.2, -0.15) is 0 Å². The van der Waals surface area contributed by atoms with Gasteiger partial charge in [-0.1, -0.05) is 43.3 Å². The average molecular weight is 347 g/mol. The molecule has 0 amide bonds. The number of fused-ring (bicyclic) bond motifs is 3. The van der Waals surface area contributed by atoms with Crippen molar-refractivity contribution in [3.63, 3.8) is 0 Å². The van der Waals surface area contributed by atoms with Crippen molar-refractivity contribution in [2.45, 2.75) is 26.2 Å². The molecule has 2 aromatic heterocycles. The van der Waals surface area contributed by atoms with E-state index in [1.807, 2.05) is 54.7 Å². The third-order valence-corrected chi connectivity index (χ3v) is 4.52. The van der Waals surface area contributed by atoms with Gasteiger partial charge < -0.3 is 9.47 Å². The number of ether oxygens (including phenoxy) is 2. The molecule has 132 valence electrons. The first-order chi connectivity index (χ1) is 12.8. The second kappa shape index (κ2) is 7.14. The molecule has 0 radical (unpaired) electrons. The van der Waals surface area contributed by atoms with Gasteiger partial charge in [0.05, 0.1) is 17.2 Å². The summed E-state index contributed by atoms with van der Waals surface area (Å²) in [6, 6.07) is 17.9. The van der Waals surface area contributed by atoms with Gasteiger partial charge in [-0.25, -0.2) is 4.98 Å². The lowest BCUT2D eigenvalue weighted by molar-refractivity contribution is 0.0398. The molecular formula is C21H21N3O2. The molecule has 5 nitrogen and oxygen atoms in total. The number of hydrogen-bond acceptors (Lipinski definition) is 4. The predicted molar refractivity (Wildman–Crippen MR) is 102 cm³/mol. The Balaban J connectivity index is 1.85. The normalized spacial score (nSPS) is 12.5. The number of pyridine rings is 1. The van der Waals surface area contributed by atoms with Crippen molar-refractivity contribution in [1.82, 2.24) is 14.5 Å². The van der Waals surface area contributed by atoms with Gasteiger partial charge in [-0.05, 0) is 24.6 Å². The van der Waals surface area contributed by atoms with Gasteiger partial charge in [-0.15, -0.1) is 0 Å². The number of methoxy groups -OCH3 is 1. The molecule has 0 saturated carbocycles. The molecule has 26 heavy (non-hydrogen) atoms. The highest BCUT2D eigenvalue weighted by Crippen LogP contribution is 2.29. The minimum absolute atomic E-state index is 0.111. The fraction of sp³-hybridized carbons (Fsp3) is 0.238. The molecule has 0 N–H and O–H groups in total. The molecule has 0 fully saturated rings. The van der Waals surface area contributed by atoms with Crippen molar-refractivity contribution in [3.8, 4) is 5.75 Å². The van der Waals surface area contributed by atoms with E-state index in [9.17, 15) is 0 Å². The summed E-state index contributed by atoms with van der Waals surface area (Å²) in [4.78, 5) is 9.33. The first-order valence-corrected chi connectivity index (χ1v) is 8.77. The van der Waals surface area contributed by atoms with Crippen molar-refractivity contribution in [2.75, 3.05) is 7.11 Å². The van der Waals surface area contributed by atoms with Gasteiger partial charge in [0.2, 0.25) is 0 Å². The van der Waals surface area contributed by atoms with E-state index in [0.29, 0.717) is 6.61 Å². The van der Waals surface area contributed by atoms with Crippen LogP contribution in [0.5, 0.6) is 5.75 Å². The molecule has 4 rings (SSSR count). The molecule has 2 aromatic carbocycles. The first kappa shape index (κ1) is 16.5. The van der Waals surface area contributed by atoms with E-state index in [1.54, 1.807) is 7.11 Å². The average Bonchev–Trinajstić information content (AvgIpc) is 3.07. The molecular weight excluding hydrogens is 326 g/mol. The lowest BCUT2D eigenvalue weighted by Crippen LogP contribution is -2.15. The highest BCUT2D eigenvalue weighted by molar-refractivity contribution is 6.02. The summed E-state index contributed by atoms with van der Waals surface area (Å²) in [5.74, 6) is 1.65.